The van der Waals surface area contributed by atoms with Crippen molar-refractivity contribution in [1.82, 2.24) is 9.80 Å². The van der Waals surface area contributed by atoms with E-state index >= 15 is 0 Å². The van der Waals surface area contributed by atoms with Crippen LogP contribution in [-0.2, 0) is 6.54 Å². The molecule has 1 fully saturated rings. The highest BCUT2D eigenvalue weighted by Gasteiger charge is 2.31. The van der Waals surface area contributed by atoms with Crippen LogP contribution in [0.2, 0.25) is 0 Å². The van der Waals surface area contributed by atoms with Crippen LogP contribution < -0.4 is 5.32 Å². The van der Waals surface area contributed by atoms with Crippen molar-refractivity contribution in [1.29, 1.82) is 0 Å². The third-order valence-corrected chi connectivity index (χ3v) is 5.19. The first-order valence-electron chi connectivity index (χ1n) is 9.12. The molecule has 0 saturated carbocycles. The highest BCUT2D eigenvalue weighted by Crippen LogP contribution is 2.23. The van der Waals surface area contributed by atoms with Gasteiger partial charge < -0.3 is 15.3 Å². The maximum atomic E-state index is 12.6. The van der Waals surface area contributed by atoms with Gasteiger partial charge in [-0.3, -0.25) is 4.90 Å². The molecule has 0 bridgehead atoms. The number of likely N-dealkylation sites (tertiary alicyclic amines) is 1. The Hall–Kier alpha value is -2.53. The number of nitrogens with zero attached hydrogens (tertiary/aromatic N) is 2. The summed E-state index contributed by atoms with van der Waals surface area (Å²) in [6.45, 7) is 5.06. The normalized spacial score (nSPS) is 20.5. The summed E-state index contributed by atoms with van der Waals surface area (Å²) in [4.78, 5) is 16.9. The molecule has 3 rings (SSSR count). The Morgan fingerprint density at radius 1 is 1.19 bits per heavy atom. The first kappa shape index (κ1) is 18.3. The Morgan fingerprint density at radius 3 is 2.58 bits per heavy atom. The van der Waals surface area contributed by atoms with Gasteiger partial charge in [0.25, 0.3) is 0 Å². The van der Waals surface area contributed by atoms with Crippen molar-refractivity contribution in [2.24, 2.45) is 5.92 Å². The molecule has 5 heteroatoms. The van der Waals surface area contributed by atoms with Gasteiger partial charge in [-0.15, -0.1) is 0 Å². The Labute approximate surface area is 155 Å². The van der Waals surface area contributed by atoms with E-state index in [1.807, 2.05) is 18.0 Å². The Kier molecular flexibility index (Phi) is 5.78. The van der Waals surface area contributed by atoms with Crippen molar-refractivity contribution in [2.45, 2.75) is 25.9 Å². The molecular formula is C21H27N3O2. The van der Waals surface area contributed by atoms with E-state index < -0.39 is 0 Å². The molecule has 1 aliphatic rings. The lowest BCUT2D eigenvalue weighted by molar-refractivity contribution is 0.0898. The van der Waals surface area contributed by atoms with Crippen molar-refractivity contribution in [3.8, 4) is 5.75 Å². The van der Waals surface area contributed by atoms with Crippen LogP contribution in [-0.4, -0.2) is 47.1 Å². The lowest BCUT2D eigenvalue weighted by Gasteiger charge is -2.41. The molecule has 0 unspecified atom stereocenters. The second-order valence-corrected chi connectivity index (χ2v) is 7.14. The zero-order valence-corrected chi connectivity index (χ0v) is 15.4. The first-order valence-corrected chi connectivity index (χ1v) is 9.12. The number of benzene rings is 2. The minimum Gasteiger partial charge on any atom is -0.508 e. The van der Waals surface area contributed by atoms with E-state index in [0.717, 1.165) is 26.1 Å². The van der Waals surface area contributed by atoms with Gasteiger partial charge >= 0.3 is 6.03 Å². The first-order chi connectivity index (χ1) is 12.5. The molecule has 0 aromatic heterocycles. The van der Waals surface area contributed by atoms with Crippen LogP contribution >= 0.6 is 0 Å². The molecule has 2 aromatic rings. The summed E-state index contributed by atoms with van der Waals surface area (Å²) in [5.74, 6) is 0.645. The zero-order chi connectivity index (χ0) is 18.5. The average Bonchev–Trinajstić information content (AvgIpc) is 2.65. The number of phenolic OH excluding ortho intramolecular Hbond substituents is 1. The number of carbonyl (C=O) groups excluding carboxylic acids is 1. The molecule has 0 spiro atoms. The zero-order valence-electron chi connectivity index (χ0n) is 15.4. The summed E-state index contributed by atoms with van der Waals surface area (Å²) in [5.41, 5.74) is 1.99. The number of phenols is 1. The molecule has 1 saturated heterocycles. The Bertz CT molecular complexity index is 718. The van der Waals surface area contributed by atoms with E-state index in [0.29, 0.717) is 11.6 Å². The van der Waals surface area contributed by atoms with E-state index in [1.165, 1.54) is 5.56 Å². The molecule has 2 aromatic carbocycles. The van der Waals surface area contributed by atoms with Crippen molar-refractivity contribution in [3.05, 3.63) is 60.2 Å². The van der Waals surface area contributed by atoms with Gasteiger partial charge in [0.15, 0.2) is 0 Å². The maximum Gasteiger partial charge on any atom is 0.321 e. The van der Waals surface area contributed by atoms with Crippen LogP contribution in [0, 0.1) is 5.92 Å². The lowest BCUT2D eigenvalue weighted by atomic mass is 9.92. The van der Waals surface area contributed by atoms with Gasteiger partial charge in [-0.05, 0) is 48.7 Å². The van der Waals surface area contributed by atoms with E-state index in [-0.39, 0.29) is 17.8 Å². The highest BCUT2D eigenvalue weighted by molar-refractivity contribution is 5.89. The molecule has 5 nitrogen and oxygen atoms in total. The van der Waals surface area contributed by atoms with Crippen LogP contribution in [0.25, 0.3) is 0 Å². The highest BCUT2D eigenvalue weighted by atomic mass is 16.3. The predicted molar refractivity (Wildman–Crippen MR) is 104 cm³/mol. The van der Waals surface area contributed by atoms with Gasteiger partial charge in [0, 0.05) is 31.9 Å². The fraction of sp³-hybridized carbons (Fsp3) is 0.381. The van der Waals surface area contributed by atoms with Crippen molar-refractivity contribution < 1.29 is 9.90 Å². The lowest BCUT2D eigenvalue weighted by Crippen LogP contribution is -2.53. The summed E-state index contributed by atoms with van der Waals surface area (Å²) >= 11 is 0. The van der Waals surface area contributed by atoms with Crippen LogP contribution in [0.5, 0.6) is 5.75 Å². The topological polar surface area (TPSA) is 55.8 Å². The van der Waals surface area contributed by atoms with Crippen LogP contribution in [0.3, 0.4) is 0 Å². The van der Waals surface area contributed by atoms with Gasteiger partial charge in [0.2, 0.25) is 0 Å². The number of hydrogen-bond acceptors (Lipinski definition) is 3. The standard InChI is InChI=1S/C21H27N3O2/c1-16-12-13-24(14-17-6-4-3-5-7-17)15-20(16)23(2)21(26)22-18-8-10-19(25)11-9-18/h3-11,16,20,25H,12-15H2,1-2H3,(H,22,26)/t16-,20+/m1/s1. The molecule has 1 heterocycles. The van der Waals surface area contributed by atoms with Crippen molar-refractivity contribution in [3.63, 3.8) is 0 Å². The van der Waals surface area contributed by atoms with Gasteiger partial charge in [0.1, 0.15) is 5.75 Å². The summed E-state index contributed by atoms with van der Waals surface area (Å²) in [6.07, 6.45) is 1.08. The molecule has 0 aliphatic carbocycles. The number of carbonyl (C=O) groups is 1. The van der Waals surface area contributed by atoms with E-state index in [2.05, 4.69) is 41.4 Å². The summed E-state index contributed by atoms with van der Waals surface area (Å²) in [5, 5.41) is 12.3. The van der Waals surface area contributed by atoms with Crippen molar-refractivity contribution >= 4 is 11.7 Å². The molecule has 2 N–H and O–H groups in total. The minimum atomic E-state index is -0.117. The molecule has 2 amide bonds. The monoisotopic (exact) mass is 353 g/mol. The number of hydrogen-bond donors (Lipinski definition) is 2. The van der Waals surface area contributed by atoms with Gasteiger partial charge in [0.05, 0.1) is 0 Å². The second kappa shape index (κ2) is 8.23. The third-order valence-electron chi connectivity index (χ3n) is 5.19. The van der Waals surface area contributed by atoms with E-state index in [1.54, 1.807) is 24.3 Å². The fourth-order valence-corrected chi connectivity index (χ4v) is 3.51. The van der Waals surface area contributed by atoms with Gasteiger partial charge in [-0.25, -0.2) is 4.79 Å². The van der Waals surface area contributed by atoms with Crippen molar-refractivity contribution in [2.75, 3.05) is 25.5 Å². The molecule has 2 atom stereocenters. The minimum absolute atomic E-state index is 0.117. The number of amides is 2. The largest absolute Gasteiger partial charge is 0.508 e. The van der Waals surface area contributed by atoms with E-state index in [4.69, 9.17) is 0 Å². The fourth-order valence-electron chi connectivity index (χ4n) is 3.51. The molecule has 1 aliphatic heterocycles. The number of aromatic hydroxyl groups is 1. The molecular weight excluding hydrogens is 326 g/mol. The predicted octanol–water partition coefficient (Wildman–Crippen LogP) is 3.77. The average molecular weight is 353 g/mol. The number of likely N-dealkylation sites (N-methyl/N-ethyl adjacent to an activating group) is 1. The number of urea groups is 1. The smallest absolute Gasteiger partial charge is 0.321 e. The van der Waals surface area contributed by atoms with Crippen LogP contribution in [0.1, 0.15) is 18.9 Å². The van der Waals surface area contributed by atoms with E-state index in [9.17, 15) is 9.90 Å². The Morgan fingerprint density at radius 2 is 1.88 bits per heavy atom. The number of anilines is 1. The molecule has 0 radical (unpaired) electrons. The number of rotatable bonds is 4. The summed E-state index contributed by atoms with van der Waals surface area (Å²) in [7, 11) is 1.86. The molecule has 138 valence electrons. The summed E-state index contributed by atoms with van der Waals surface area (Å²) < 4.78 is 0. The van der Waals surface area contributed by atoms with Crippen LogP contribution in [0.15, 0.2) is 54.6 Å². The Balaban J connectivity index is 1.61. The maximum absolute atomic E-state index is 12.6. The second-order valence-electron chi connectivity index (χ2n) is 7.14. The number of nitrogens with one attached hydrogen (secondary N) is 1. The number of piperidine rings is 1. The molecule has 26 heavy (non-hydrogen) atoms. The quantitative estimate of drug-likeness (QED) is 0.823. The van der Waals surface area contributed by atoms with Crippen LogP contribution in [0.4, 0.5) is 10.5 Å². The third kappa shape index (κ3) is 4.55. The van der Waals surface area contributed by atoms with Gasteiger partial charge in [-0.2, -0.15) is 0 Å². The SMILES string of the molecule is C[C@@H]1CCN(Cc2ccccc2)C[C@@H]1N(C)C(=O)Nc1ccc(O)cc1. The summed E-state index contributed by atoms with van der Waals surface area (Å²) in [6, 6.07) is 17.1. The van der Waals surface area contributed by atoms with Gasteiger partial charge in [-0.1, -0.05) is 37.3 Å².